The maximum Gasteiger partial charge on any atom is 0.137 e. The Labute approximate surface area is 68.3 Å². The molecule has 0 fully saturated rings. The van der Waals surface area contributed by atoms with Crippen molar-refractivity contribution in [3.63, 3.8) is 0 Å². The van der Waals surface area contributed by atoms with Crippen LogP contribution < -0.4 is 0 Å². The summed E-state index contributed by atoms with van der Waals surface area (Å²) in [7, 11) is 0. The highest BCUT2D eigenvalue weighted by Crippen LogP contribution is 2.06. The smallest absolute Gasteiger partial charge is 0.137 e. The quantitative estimate of drug-likeness (QED) is 0.673. The van der Waals surface area contributed by atoms with Crippen LogP contribution in [0.5, 0.6) is 0 Å². The lowest BCUT2D eigenvalue weighted by Crippen LogP contribution is -1.97. The Bertz CT molecular complexity index is 266. The zero-order chi connectivity index (χ0) is 7.52. The molecule has 0 aliphatic carbocycles. The molecule has 0 saturated carbocycles. The Morgan fingerprint density at radius 3 is 3.18 bits per heavy atom. The van der Waals surface area contributed by atoms with Gasteiger partial charge in [0.15, 0.2) is 0 Å². The monoisotopic (exact) mass is 165 g/mol. The molecule has 0 bridgehead atoms. The van der Waals surface area contributed by atoms with E-state index in [1.807, 2.05) is 4.68 Å². The van der Waals surface area contributed by atoms with Crippen LogP contribution in [0.4, 0.5) is 0 Å². The summed E-state index contributed by atoms with van der Waals surface area (Å²) in [6.07, 6.45) is 3.27. The summed E-state index contributed by atoms with van der Waals surface area (Å²) in [4.78, 5) is 3.86. The number of hydrogen-bond donors (Lipinski definition) is 0. The molecule has 0 N–H and O–H groups in total. The summed E-state index contributed by atoms with van der Waals surface area (Å²) < 4.78 is 1.81. The van der Waals surface area contributed by atoms with E-state index in [-0.39, 0.29) is 0 Å². The van der Waals surface area contributed by atoms with Crippen molar-refractivity contribution in [1.82, 2.24) is 14.8 Å². The van der Waals surface area contributed by atoms with Crippen molar-refractivity contribution in [2.75, 3.05) is 0 Å². The Kier molecular flexibility index (Phi) is 1.69. The first-order chi connectivity index (χ1) is 5.45. The van der Waals surface area contributed by atoms with Crippen molar-refractivity contribution in [1.29, 1.82) is 0 Å². The van der Waals surface area contributed by atoms with E-state index in [1.54, 1.807) is 24.0 Å². The molecule has 2 rings (SSSR count). The van der Waals surface area contributed by atoms with Gasteiger partial charge in [-0.3, -0.25) is 0 Å². The number of hydrogen-bond acceptors (Lipinski definition) is 3. The molecule has 0 aliphatic rings. The van der Waals surface area contributed by atoms with Gasteiger partial charge < -0.3 is 0 Å². The highest BCUT2D eigenvalue weighted by molar-refractivity contribution is 7.07. The van der Waals surface area contributed by atoms with Crippen molar-refractivity contribution < 1.29 is 0 Å². The third-order valence-electron chi connectivity index (χ3n) is 1.39. The van der Waals surface area contributed by atoms with Gasteiger partial charge in [-0.2, -0.15) is 16.4 Å². The molecule has 0 radical (unpaired) electrons. The molecule has 11 heavy (non-hydrogen) atoms. The molecule has 0 aromatic carbocycles. The molecule has 2 aromatic rings. The zero-order valence-electron chi connectivity index (χ0n) is 5.84. The summed E-state index contributed by atoms with van der Waals surface area (Å²) in [6, 6.07) is 2.09. The summed E-state index contributed by atoms with van der Waals surface area (Å²) >= 11 is 1.70. The number of nitrogens with zero attached hydrogens (tertiary/aromatic N) is 3. The molecular formula is C7H7N3S. The van der Waals surface area contributed by atoms with E-state index < -0.39 is 0 Å². The summed E-state index contributed by atoms with van der Waals surface area (Å²) in [6.45, 7) is 0.823. The molecular weight excluding hydrogens is 158 g/mol. The van der Waals surface area contributed by atoms with Crippen LogP contribution in [0, 0.1) is 0 Å². The Balaban J connectivity index is 2.14. The lowest BCUT2D eigenvalue weighted by molar-refractivity contribution is 0.686. The van der Waals surface area contributed by atoms with Crippen molar-refractivity contribution in [2.24, 2.45) is 0 Å². The number of rotatable bonds is 2. The van der Waals surface area contributed by atoms with Crippen molar-refractivity contribution in [3.05, 3.63) is 35.0 Å². The number of aromatic nitrogens is 3. The molecule has 0 aliphatic heterocycles. The van der Waals surface area contributed by atoms with Crippen LogP contribution in [-0.4, -0.2) is 14.8 Å². The molecule has 0 saturated heterocycles. The van der Waals surface area contributed by atoms with Gasteiger partial charge in [0.1, 0.15) is 12.7 Å². The van der Waals surface area contributed by atoms with E-state index in [0.29, 0.717) is 0 Å². The van der Waals surface area contributed by atoms with Crippen LogP contribution in [0.25, 0.3) is 0 Å². The Morgan fingerprint density at radius 1 is 1.55 bits per heavy atom. The second-order valence-corrected chi connectivity index (χ2v) is 3.00. The molecule has 56 valence electrons. The molecule has 4 heteroatoms. The fourth-order valence-electron chi connectivity index (χ4n) is 0.884. The van der Waals surface area contributed by atoms with Crippen LogP contribution >= 0.6 is 11.3 Å². The van der Waals surface area contributed by atoms with Gasteiger partial charge in [0.2, 0.25) is 0 Å². The minimum Gasteiger partial charge on any atom is -0.249 e. The Hall–Kier alpha value is -1.16. The maximum atomic E-state index is 4.00. The molecule has 0 spiro atoms. The molecule has 0 amide bonds. The first-order valence-corrected chi connectivity index (χ1v) is 4.23. The zero-order valence-corrected chi connectivity index (χ0v) is 6.66. The minimum absolute atomic E-state index is 0.823. The van der Waals surface area contributed by atoms with Gasteiger partial charge in [0, 0.05) is 0 Å². The van der Waals surface area contributed by atoms with Gasteiger partial charge >= 0.3 is 0 Å². The topological polar surface area (TPSA) is 30.7 Å². The van der Waals surface area contributed by atoms with Crippen molar-refractivity contribution >= 4 is 11.3 Å². The average molecular weight is 165 g/mol. The van der Waals surface area contributed by atoms with E-state index in [0.717, 1.165) is 6.54 Å². The third-order valence-corrected chi connectivity index (χ3v) is 2.12. The van der Waals surface area contributed by atoms with E-state index in [1.165, 1.54) is 5.56 Å². The standard InChI is InChI=1S/C7H7N3S/c1-2-11-4-7(1)3-10-6-8-5-9-10/h1-2,4-6H,3H2. The molecule has 2 aromatic heterocycles. The van der Waals surface area contributed by atoms with E-state index in [9.17, 15) is 0 Å². The lowest BCUT2D eigenvalue weighted by atomic mass is 10.3. The van der Waals surface area contributed by atoms with Gasteiger partial charge in [-0.25, -0.2) is 9.67 Å². The molecule has 0 unspecified atom stereocenters. The maximum absolute atomic E-state index is 4.00. The molecule has 2 heterocycles. The van der Waals surface area contributed by atoms with Crippen LogP contribution in [0.3, 0.4) is 0 Å². The fraction of sp³-hybridized carbons (Fsp3) is 0.143. The van der Waals surface area contributed by atoms with Gasteiger partial charge in [0.25, 0.3) is 0 Å². The van der Waals surface area contributed by atoms with Gasteiger partial charge in [0.05, 0.1) is 6.54 Å². The first kappa shape index (κ1) is 6.54. The predicted octanol–water partition coefficient (Wildman–Crippen LogP) is 1.39. The molecule has 0 atom stereocenters. The van der Waals surface area contributed by atoms with Gasteiger partial charge in [-0.1, -0.05) is 0 Å². The van der Waals surface area contributed by atoms with Crippen LogP contribution in [-0.2, 0) is 6.54 Å². The van der Waals surface area contributed by atoms with Crippen LogP contribution in [0.15, 0.2) is 29.5 Å². The summed E-state index contributed by atoms with van der Waals surface area (Å²) in [5.74, 6) is 0. The highest BCUT2D eigenvalue weighted by Gasteiger charge is 1.93. The van der Waals surface area contributed by atoms with Crippen molar-refractivity contribution in [2.45, 2.75) is 6.54 Å². The summed E-state index contributed by atoms with van der Waals surface area (Å²) in [5.41, 5.74) is 1.28. The molecule has 3 nitrogen and oxygen atoms in total. The van der Waals surface area contributed by atoms with Gasteiger partial charge in [-0.05, 0) is 22.4 Å². The highest BCUT2D eigenvalue weighted by atomic mass is 32.1. The van der Waals surface area contributed by atoms with Crippen LogP contribution in [0.1, 0.15) is 5.56 Å². The fourth-order valence-corrected chi connectivity index (χ4v) is 1.54. The largest absolute Gasteiger partial charge is 0.249 e. The third kappa shape index (κ3) is 1.46. The van der Waals surface area contributed by atoms with Crippen LogP contribution in [0.2, 0.25) is 0 Å². The second kappa shape index (κ2) is 2.84. The predicted molar refractivity (Wildman–Crippen MR) is 43.4 cm³/mol. The van der Waals surface area contributed by atoms with E-state index in [4.69, 9.17) is 0 Å². The lowest BCUT2D eigenvalue weighted by Gasteiger charge is -1.94. The van der Waals surface area contributed by atoms with Crippen molar-refractivity contribution in [3.8, 4) is 0 Å². The summed E-state index contributed by atoms with van der Waals surface area (Å²) in [5, 5.41) is 8.18. The first-order valence-electron chi connectivity index (χ1n) is 3.28. The number of thiophene rings is 1. The minimum atomic E-state index is 0.823. The second-order valence-electron chi connectivity index (χ2n) is 2.22. The van der Waals surface area contributed by atoms with Gasteiger partial charge in [-0.15, -0.1) is 0 Å². The average Bonchev–Trinajstić information content (AvgIpc) is 2.60. The Morgan fingerprint density at radius 2 is 2.55 bits per heavy atom. The SMILES string of the molecule is c1ncn(Cc2ccsc2)n1. The normalized spacial score (nSPS) is 10.2. The van der Waals surface area contributed by atoms with E-state index >= 15 is 0 Å². The van der Waals surface area contributed by atoms with E-state index in [2.05, 4.69) is 26.9 Å².